The molecule has 1 aliphatic rings. The Morgan fingerprint density at radius 2 is 1.83 bits per heavy atom. The molecule has 3 aromatic rings. The van der Waals surface area contributed by atoms with Crippen LogP contribution in [0, 0.1) is 0 Å². The predicted octanol–water partition coefficient (Wildman–Crippen LogP) is 1.60. The molecule has 1 aliphatic heterocycles. The van der Waals surface area contributed by atoms with Gasteiger partial charge < -0.3 is 19.7 Å². The van der Waals surface area contributed by atoms with Crippen molar-refractivity contribution in [3.63, 3.8) is 0 Å². The SMILES string of the molecule is O=C(Cc1ccccc1)NCc1ccc(-c2nc(C(=O)N3CCC(OS(=O)(=O)O)C(O)C3)co2)cc1. The zero-order chi connectivity index (χ0) is 25.7. The van der Waals surface area contributed by atoms with Crippen molar-refractivity contribution in [3.8, 4) is 11.5 Å². The molecule has 11 nitrogen and oxygen atoms in total. The molecule has 2 heterocycles. The number of rotatable bonds is 8. The average molecular weight is 516 g/mol. The fourth-order valence-corrected chi connectivity index (χ4v) is 4.38. The molecule has 3 N–H and O–H groups in total. The third-order valence-electron chi connectivity index (χ3n) is 5.67. The van der Waals surface area contributed by atoms with E-state index in [1.165, 1.54) is 11.2 Å². The summed E-state index contributed by atoms with van der Waals surface area (Å²) in [4.78, 5) is 30.4. The van der Waals surface area contributed by atoms with Crippen molar-refractivity contribution in [3.05, 3.63) is 77.7 Å². The highest BCUT2D eigenvalue weighted by Crippen LogP contribution is 2.22. The van der Waals surface area contributed by atoms with Crippen LogP contribution in [0.25, 0.3) is 11.5 Å². The number of amides is 2. The van der Waals surface area contributed by atoms with Crippen LogP contribution in [0.3, 0.4) is 0 Å². The van der Waals surface area contributed by atoms with E-state index in [-0.39, 0.29) is 37.0 Å². The topological polar surface area (TPSA) is 159 Å². The Bertz CT molecular complexity index is 1310. The van der Waals surface area contributed by atoms with Gasteiger partial charge in [-0.2, -0.15) is 8.42 Å². The normalized spacial score (nSPS) is 18.1. The number of aromatic nitrogens is 1. The summed E-state index contributed by atoms with van der Waals surface area (Å²) in [7, 11) is -4.71. The largest absolute Gasteiger partial charge is 0.444 e. The lowest BCUT2D eigenvalue weighted by atomic mass is 10.0. The highest BCUT2D eigenvalue weighted by Gasteiger charge is 2.34. The van der Waals surface area contributed by atoms with Crippen LogP contribution in [0.1, 0.15) is 28.0 Å². The first-order valence-corrected chi connectivity index (χ1v) is 12.5. The number of likely N-dealkylation sites (tertiary alicyclic amines) is 1. The molecular formula is C24H25N3O8S. The van der Waals surface area contributed by atoms with Crippen molar-refractivity contribution >= 4 is 22.2 Å². The number of aliphatic hydroxyl groups excluding tert-OH is 1. The first-order chi connectivity index (χ1) is 17.2. The molecule has 1 aromatic heterocycles. The average Bonchev–Trinajstić information content (AvgIpc) is 3.34. The van der Waals surface area contributed by atoms with Crippen molar-refractivity contribution in [2.75, 3.05) is 13.1 Å². The quantitative estimate of drug-likeness (QED) is 0.379. The lowest BCUT2D eigenvalue weighted by Gasteiger charge is -2.34. The third-order valence-corrected chi connectivity index (χ3v) is 6.16. The van der Waals surface area contributed by atoms with E-state index >= 15 is 0 Å². The Balaban J connectivity index is 1.31. The molecule has 2 atom stereocenters. The zero-order valence-electron chi connectivity index (χ0n) is 19.1. The van der Waals surface area contributed by atoms with Gasteiger partial charge in [-0.05, 0) is 29.7 Å². The van der Waals surface area contributed by atoms with Gasteiger partial charge in [-0.1, -0.05) is 42.5 Å². The van der Waals surface area contributed by atoms with Gasteiger partial charge in [0.1, 0.15) is 12.4 Å². The summed E-state index contributed by atoms with van der Waals surface area (Å²) in [5, 5.41) is 13.0. The highest BCUT2D eigenvalue weighted by atomic mass is 32.3. The Morgan fingerprint density at radius 1 is 1.11 bits per heavy atom. The molecule has 2 aromatic carbocycles. The maximum Gasteiger partial charge on any atom is 0.397 e. The lowest BCUT2D eigenvalue weighted by molar-refractivity contribution is -0.120. The van der Waals surface area contributed by atoms with E-state index in [0.717, 1.165) is 11.1 Å². The van der Waals surface area contributed by atoms with Gasteiger partial charge >= 0.3 is 10.4 Å². The fraction of sp³-hybridized carbons (Fsp3) is 0.292. The number of nitrogens with one attached hydrogen (secondary N) is 1. The zero-order valence-corrected chi connectivity index (χ0v) is 19.9. The molecule has 0 aliphatic carbocycles. The summed E-state index contributed by atoms with van der Waals surface area (Å²) in [6.07, 6.45) is -0.910. The number of carbonyl (C=O) groups excluding carboxylic acids is 2. The molecule has 2 amide bonds. The number of carbonyl (C=O) groups is 2. The molecule has 190 valence electrons. The summed E-state index contributed by atoms with van der Waals surface area (Å²) >= 11 is 0. The molecule has 1 fully saturated rings. The van der Waals surface area contributed by atoms with E-state index in [4.69, 9.17) is 8.97 Å². The number of hydrogen-bond donors (Lipinski definition) is 3. The predicted molar refractivity (Wildman–Crippen MR) is 127 cm³/mol. The van der Waals surface area contributed by atoms with Gasteiger partial charge in [0.2, 0.25) is 11.8 Å². The molecule has 0 bridgehead atoms. The van der Waals surface area contributed by atoms with Crippen LogP contribution in [0.5, 0.6) is 0 Å². The number of piperidine rings is 1. The van der Waals surface area contributed by atoms with E-state index in [0.29, 0.717) is 18.5 Å². The molecule has 2 unspecified atom stereocenters. The minimum absolute atomic E-state index is 0.0146. The molecule has 36 heavy (non-hydrogen) atoms. The van der Waals surface area contributed by atoms with Crippen molar-refractivity contribution in [1.29, 1.82) is 0 Å². The van der Waals surface area contributed by atoms with Crippen molar-refractivity contribution in [2.24, 2.45) is 0 Å². The van der Waals surface area contributed by atoms with Crippen LogP contribution in [0.2, 0.25) is 0 Å². The summed E-state index contributed by atoms with van der Waals surface area (Å²) in [5.74, 6) is -0.352. The van der Waals surface area contributed by atoms with Crippen molar-refractivity contribution in [2.45, 2.75) is 31.6 Å². The number of β-amino-alcohol motifs (C(OH)–C–C–N with tert-alkyl or cyclic N) is 1. The minimum Gasteiger partial charge on any atom is -0.444 e. The highest BCUT2D eigenvalue weighted by molar-refractivity contribution is 7.80. The van der Waals surface area contributed by atoms with E-state index in [2.05, 4.69) is 14.5 Å². The number of nitrogens with zero attached hydrogens (tertiary/aromatic N) is 2. The summed E-state index contributed by atoms with van der Waals surface area (Å²) in [5.41, 5.74) is 2.48. The van der Waals surface area contributed by atoms with Crippen LogP contribution < -0.4 is 5.32 Å². The second-order valence-electron chi connectivity index (χ2n) is 8.34. The Morgan fingerprint density at radius 3 is 2.50 bits per heavy atom. The van der Waals surface area contributed by atoms with Crippen LogP contribution in [0.15, 0.2) is 65.3 Å². The molecule has 1 saturated heterocycles. The summed E-state index contributed by atoms with van der Waals surface area (Å²) in [6.45, 7) is 0.274. The molecule has 0 saturated carbocycles. The first-order valence-electron chi connectivity index (χ1n) is 11.2. The van der Waals surface area contributed by atoms with E-state index in [1.54, 1.807) is 12.1 Å². The van der Waals surface area contributed by atoms with E-state index in [9.17, 15) is 23.1 Å². The van der Waals surface area contributed by atoms with Crippen LogP contribution in [0.4, 0.5) is 0 Å². The standard InChI is InChI=1S/C24H25N3O8S/c28-20-14-27(11-10-21(20)35-36(31,32)33)24(30)19-15-34-23(26-19)18-8-6-17(7-9-18)13-25-22(29)12-16-4-2-1-3-5-16/h1-9,15,20-21,28H,10-14H2,(H,25,29)(H,31,32,33). The van der Waals surface area contributed by atoms with Gasteiger partial charge in [-0.15, -0.1) is 0 Å². The van der Waals surface area contributed by atoms with E-state index in [1.807, 2.05) is 42.5 Å². The maximum absolute atomic E-state index is 12.8. The van der Waals surface area contributed by atoms with Crippen molar-refractivity contribution in [1.82, 2.24) is 15.2 Å². The van der Waals surface area contributed by atoms with Crippen LogP contribution in [-0.4, -0.2) is 65.1 Å². The smallest absolute Gasteiger partial charge is 0.397 e. The minimum atomic E-state index is -4.71. The van der Waals surface area contributed by atoms with Gasteiger partial charge in [0.15, 0.2) is 5.69 Å². The molecule has 12 heteroatoms. The van der Waals surface area contributed by atoms with Gasteiger partial charge in [0.25, 0.3) is 5.91 Å². The Hall–Kier alpha value is -3.58. The van der Waals surface area contributed by atoms with Gasteiger partial charge in [-0.3, -0.25) is 14.1 Å². The van der Waals surface area contributed by atoms with Crippen LogP contribution in [-0.2, 0) is 32.3 Å². The Labute approximate surface area is 207 Å². The van der Waals surface area contributed by atoms with Gasteiger partial charge in [-0.25, -0.2) is 9.17 Å². The van der Waals surface area contributed by atoms with Gasteiger partial charge in [0.05, 0.1) is 12.5 Å². The summed E-state index contributed by atoms with van der Waals surface area (Å²) < 4.78 is 40.4. The second kappa shape index (κ2) is 11.0. The number of aliphatic hydroxyl groups is 1. The monoisotopic (exact) mass is 515 g/mol. The number of oxazole rings is 1. The summed E-state index contributed by atoms with van der Waals surface area (Å²) in [6, 6.07) is 16.6. The first kappa shape index (κ1) is 25.5. The molecule has 0 spiro atoms. The molecular weight excluding hydrogens is 490 g/mol. The maximum atomic E-state index is 12.8. The van der Waals surface area contributed by atoms with Crippen molar-refractivity contribution < 1.29 is 36.3 Å². The van der Waals surface area contributed by atoms with Crippen LogP contribution >= 0.6 is 0 Å². The number of benzene rings is 2. The Kier molecular flexibility index (Phi) is 7.79. The van der Waals surface area contributed by atoms with E-state index < -0.39 is 28.5 Å². The fourth-order valence-electron chi connectivity index (χ4n) is 3.84. The van der Waals surface area contributed by atoms with Gasteiger partial charge in [0, 0.05) is 25.2 Å². The lowest BCUT2D eigenvalue weighted by Crippen LogP contribution is -2.50. The number of hydrogen-bond acceptors (Lipinski definition) is 8. The molecule has 0 radical (unpaired) electrons. The molecule has 4 rings (SSSR count). The second-order valence-corrected chi connectivity index (χ2v) is 9.39. The third kappa shape index (κ3) is 6.76.